The molecule has 0 aliphatic heterocycles. The van der Waals surface area contributed by atoms with Crippen LogP contribution >= 0.6 is 0 Å². The smallest absolute Gasteiger partial charge is 0.320 e. The van der Waals surface area contributed by atoms with Crippen LogP contribution in [-0.2, 0) is 23.1 Å². The molecule has 0 spiro atoms. The molecule has 5 heteroatoms. The number of aromatic nitrogens is 2. The second-order valence-electron chi connectivity index (χ2n) is 4.02. The number of aryl methyl sites for hydroxylation is 1. The van der Waals surface area contributed by atoms with Crippen molar-refractivity contribution in [1.29, 1.82) is 0 Å². The van der Waals surface area contributed by atoms with Gasteiger partial charge in [0.2, 0.25) is 0 Å². The molecule has 90 valence electrons. The summed E-state index contributed by atoms with van der Waals surface area (Å²) >= 11 is 0. The molecule has 0 aliphatic carbocycles. The summed E-state index contributed by atoms with van der Waals surface area (Å²) in [7, 11) is 1.89. The maximum absolute atomic E-state index is 11.2. The molecule has 0 atom stereocenters. The van der Waals surface area contributed by atoms with Crippen molar-refractivity contribution in [2.45, 2.75) is 33.4 Å². The molecular formula is C11H19N3O2. The van der Waals surface area contributed by atoms with Gasteiger partial charge < -0.3 is 10.1 Å². The fraction of sp³-hybridized carbons (Fsp3) is 0.636. The average Bonchev–Trinajstić information content (AvgIpc) is 2.48. The predicted octanol–water partition coefficient (Wildman–Crippen LogP) is 0.770. The molecule has 0 fully saturated rings. The molecule has 1 aromatic heterocycles. The van der Waals surface area contributed by atoms with E-state index in [0.29, 0.717) is 6.54 Å². The minimum absolute atomic E-state index is 0.0607. The van der Waals surface area contributed by atoms with Gasteiger partial charge in [-0.1, -0.05) is 0 Å². The number of esters is 1. The Hall–Kier alpha value is -1.36. The Bertz CT molecular complexity index is 358. The number of nitrogens with zero attached hydrogens (tertiary/aromatic N) is 2. The van der Waals surface area contributed by atoms with Gasteiger partial charge in [0.15, 0.2) is 0 Å². The fourth-order valence-corrected chi connectivity index (χ4v) is 1.32. The van der Waals surface area contributed by atoms with Crippen LogP contribution in [-0.4, -0.2) is 28.4 Å². The SMILES string of the molecule is Cc1c(CNCC(=O)OC(C)C)cnn1C. The Morgan fingerprint density at radius 1 is 1.62 bits per heavy atom. The van der Waals surface area contributed by atoms with Crippen LogP contribution in [0, 0.1) is 6.92 Å². The first kappa shape index (κ1) is 12.7. The third-order valence-electron chi connectivity index (χ3n) is 2.29. The van der Waals surface area contributed by atoms with Crippen molar-refractivity contribution in [2.75, 3.05) is 6.54 Å². The lowest BCUT2D eigenvalue weighted by Gasteiger charge is -2.08. The van der Waals surface area contributed by atoms with Gasteiger partial charge in [0.05, 0.1) is 18.8 Å². The zero-order chi connectivity index (χ0) is 12.1. The molecule has 1 aromatic rings. The summed E-state index contributed by atoms with van der Waals surface area (Å²) in [6.07, 6.45) is 1.74. The first-order chi connectivity index (χ1) is 7.50. The van der Waals surface area contributed by atoms with Gasteiger partial charge in [-0.3, -0.25) is 9.48 Å². The van der Waals surface area contributed by atoms with E-state index in [2.05, 4.69) is 10.4 Å². The molecule has 5 nitrogen and oxygen atoms in total. The zero-order valence-electron chi connectivity index (χ0n) is 10.3. The van der Waals surface area contributed by atoms with Crippen LogP contribution in [0.3, 0.4) is 0 Å². The van der Waals surface area contributed by atoms with Crippen molar-refractivity contribution in [3.8, 4) is 0 Å². The van der Waals surface area contributed by atoms with Gasteiger partial charge in [-0.15, -0.1) is 0 Å². The van der Waals surface area contributed by atoms with Crippen molar-refractivity contribution < 1.29 is 9.53 Å². The fourth-order valence-electron chi connectivity index (χ4n) is 1.32. The molecule has 0 aromatic carbocycles. The number of nitrogens with one attached hydrogen (secondary N) is 1. The normalized spacial score (nSPS) is 10.8. The average molecular weight is 225 g/mol. The Morgan fingerprint density at radius 3 is 2.81 bits per heavy atom. The molecule has 16 heavy (non-hydrogen) atoms. The monoisotopic (exact) mass is 225 g/mol. The number of hydrogen-bond acceptors (Lipinski definition) is 4. The van der Waals surface area contributed by atoms with E-state index >= 15 is 0 Å². The van der Waals surface area contributed by atoms with Crippen LogP contribution in [0.15, 0.2) is 6.20 Å². The largest absolute Gasteiger partial charge is 0.462 e. The maximum atomic E-state index is 11.2. The zero-order valence-corrected chi connectivity index (χ0v) is 10.3. The van der Waals surface area contributed by atoms with Crippen molar-refractivity contribution in [3.05, 3.63) is 17.5 Å². The molecule has 0 unspecified atom stereocenters. The lowest BCUT2D eigenvalue weighted by molar-refractivity contribution is -0.146. The van der Waals surface area contributed by atoms with Gasteiger partial charge in [-0.25, -0.2) is 0 Å². The highest BCUT2D eigenvalue weighted by molar-refractivity contribution is 5.71. The Kier molecular flexibility index (Phi) is 4.49. The van der Waals surface area contributed by atoms with Gasteiger partial charge in [0.25, 0.3) is 0 Å². The van der Waals surface area contributed by atoms with Crippen LogP contribution < -0.4 is 5.32 Å². The van der Waals surface area contributed by atoms with Crippen LogP contribution in [0.25, 0.3) is 0 Å². The van der Waals surface area contributed by atoms with Crippen molar-refractivity contribution in [3.63, 3.8) is 0 Å². The molecular weight excluding hydrogens is 206 g/mol. The van der Waals surface area contributed by atoms with E-state index in [1.54, 1.807) is 6.20 Å². The van der Waals surface area contributed by atoms with E-state index in [1.807, 2.05) is 32.5 Å². The van der Waals surface area contributed by atoms with Crippen molar-refractivity contribution in [1.82, 2.24) is 15.1 Å². The highest BCUT2D eigenvalue weighted by Crippen LogP contribution is 2.04. The van der Waals surface area contributed by atoms with E-state index in [-0.39, 0.29) is 18.6 Å². The lowest BCUT2D eigenvalue weighted by atomic mass is 10.2. The van der Waals surface area contributed by atoms with E-state index in [0.717, 1.165) is 11.3 Å². The molecule has 0 bridgehead atoms. The number of ether oxygens (including phenoxy) is 1. The topological polar surface area (TPSA) is 56.1 Å². The van der Waals surface area contributed by atoms with Gasteiger partial charge in [0, 0.05) is 24.8 Å². The molecule has 0 saturated heterocycles. The summed E-state index contributed by atoms with van der Waals surface area (Å²) in [4.78, 5) is 11.2. The molecule has 1 heterocycles. The number of hydrogen-bond donors (Lipinski definition) is 1. The second-order valence-corrected chi connectivity index (χ2v) is 4.02. The maximum Gasteiger partial charge on any atom is 0.320 e. The standard InChI is InChI=1S/C11H19N3O2/c1-8(2)16-11(15)7-12-5-10-6-13-14(4)9(10)3/h6,8,12H,5,7H2,1-4H3. The number of rotatable bonds is 5. The number of carbonyl (C=O) groups is 1. The predicted molar refractivity (Wildman–Crippen MR) is 60.9 cm³/mol. The third kappa shape index (κ3) is 3.66. The highest BCUT2D eigenvalue weighted by atomic mass is 16.5. The van der Waals surface area contributed by atoms with Gasteiger partial charge in [-0.05, 0) is 20.8 Å². The van der Waals surface area contributed by atoms with E-state index in [1.165, 1.54) is 0 Å². The first-order valence-corrected chi connectivity index (χ1v) is 5.38. The third-order valence-corrected chi connectivity index (χ3v) is 2.29. The summed E-state index contributed by atoms with van der Waals surface area (Å²) in [6, 6.07) is 0. The van der Waals surface area contributed by atoms with Gasteiger partial charge in [0.1, 0.15) is 0 Å². The molecule has 0 aliphatic rings. The summed E-state index contributed by atoms with van der Waals surface area (Å²) < 4.78 is 6.81. The van der Waals surface area contributed by atoms with Crippen LogP contribution in [0.2, 0.25) is 0 Å². The quantitative estimate of drug-likeness (QED) is 0.752. The van der Waals surface area contributed by atoms with Crippen molar-refractivity contribution in [2.24, 2.45) is 7.05 Å². The molecule has 0 amide bonds. The summed E-state index contributed by atoms with van der Waals surface area (Å²) in [6.45, 7) is 6.53. The van der Waals surface area contributed by atoms with E-state index < -0.39 is 0 Å². The lowest BCUT2D eigenvalue weighted by Crippen LogP contribution is -2.26. The summed E-state index contributed by atoms with van der Waals surface area (Å²) in [5.74, 6) is -0.225. The summed E-state index contributed by atoms with van der Waals surface area (Å²) in [5.41, 5.74) is 2.20. The molecule has 0 saturated carbocycles. The summed E-state index contributed by atoms with van der Waals surface area (Å²) in [5, 5.41) is 7.16. The molecule has 0 radical (unpaired) electrons. The Balaban J connectivity index is 2.31. The first-order valence-electron chi connectivity index (χ1n) is 5.38. The van der Waals surface area contributed by atoms with Crippen LogP contribution in [0.4, 0.5) is 0 Å². The number of carbonyl (C=O) groups excluding carboxylic acids is 1. The minimum atomic E-state index is -0.225. The highest BCUT2D eigenvalue weighted by Gasteiger charge is 2.06. The Morgan fingerprint density at radius 2 is 2.31 bits per heavy atom. The molecule has 1 N–H and O–H groups in total. The minimum Gasteiger partial charge on any atom is -0.462 e. The van der Waals surface area contributed by atoms with Gasteiger partial charge in [-0.2, -0.15) is 5.10 Å². The van der Waals surface area contributed by atoms with Crippen LogP contribution in [0.1, 0.15) is 25.1 Å². The second kappa shape index (κ2) is 5.65. The van der Waals surface area contributed by atoms with Gasteiger partial charge >= 0.3 is 5.97 Å². The van der Waals surface area contributed by atoms with Crippen molar-refractivity contribution >= 4 is 5.97 Å². The molecule has 1 rings (SSSR count). The van der Waals surface area contributed by atoms with E-state index in [4.69, 9.17) is 4.74 Å². The Labute approximate surface area is 95.8 Å². The van der Waals surface area contributed by atoms with E-state index in [9.17, 15) is 4.79 Å². The van der Waals surface area contributed by atoms with Crippen LogP contribution in [0.5, 0.6) is 0 Å².